The zero-order valence-electron chi connectivity index (χ0n) is 14.5. The van der Waals surface area contributed by atoms with E-state index in [2.05, 4.69) is 74.7 Å². The normalized spacial score (nSPS) is 15.4. The number of guanidine groups is 1. The average molecular weight is 535 g/mol. The van der Waals surface area contributed by atoms with Gasteiger partial charge in [0.05, 0.1) is 6.54 Å². The molecular weight excluding hydrogens is 511 g/mol. The van der Waals surface area contributed by atoms with E-state index in [1.54, 1.807) is 11.3 Å². The van der Waals surface area contributed by atoms with Gasteiger partial charge in [-0.05, 0) is 44.4 Å². The lowest BCUT2D eigenvalue weighted by Gasteiger charge is -2.19. The van der Waals surface area contributed by atoms with Crippen molar-refractivity contribution in [1.82, 2.24) is 15.6 Å². The molecule has 0 radical (unpaired) electrons. The highest BCUT2D eigenvalue weighted by Crippen LogP contribution is 2.48. The van der Waals surface area contributed by atoms with Crippen LogP contribution in [0.25, 0.3) is 0 Å². The van der Waals surface area contributed by atoms with E-state index in [0.29, 0.717) is 6.54 Å². The molecule has 1 saturated carbocycles. The summed E-state index contributed by atoms with van der Waals surface area (Å²) in [6.45, 7) is 6.55. The van der Waals surface area contributed by atoms with Crippen molar-refractivity contribution in [2.75, 3.05) is 13.1 Å². The number of thiazole rings is 1. The lowest BCUT2D eigenvalue weighted by Crippen LogP contribution is -2.41. The topological polar surface area (TPSA) is 49.3 Å². The van der Waals surface area contributed by atoms with Crippen molar-refractivity contribution in [3.05, 3.63) is 50.4 Å². The first kappa shape index (κ1) is 20.6. The van der Waals surface area contributed by atoms with Crippen LogP contribution in [0.15, 0.2) is 39.9 Å². The van der Waals surface area contributed by atoms with Crippen LogP contribution in [-0.2, 0) is 12.0 Å². The SMILES string of the molecule is CCNC(=NCc1ncc(C)s1)NCC1(c2cccc(Br)c2)CC1.I. The van der Waals surface area contributed by atoms with Crippen molar-refractivity contribution in [2.24, 2.45) is 4.99 Å². The van der Waals surface area contributed by atoms with Gasteiger partial charge in [-0.25, -0.2) is 9.98 Å². The third-order valence-corrected chi connectivity index (χ3v) is 5.66. The van der Waals surface area contributed by atoms with Gasteiger partial charge in [0.15, 0.2) is 5.96 Å². The molecule has 1 aromatic carbocycles. The van der Waals surface area contributed by atoms with Crippen LogP contribution < -0.4 is 10.6 Å². The molecule has 0 atom stereocenters. The third-order valence-electron chi connectivity index (χ3n) is 4.27. The Kier molecular flexibility index (Phi) is 7.69. The van der Waals surface area contributed by atoms with Gasteiger partial charge in [-0.2, -0.15) is 0 Å². The fraction of sp³-hybridized carbons (Fsp3) is 0.444. The van der Waals surface area contributed by atoms with Gasteiger partial charge < -0.3 is 10.6 Å². The van der Waals surface area contributed by atoms with Gasteiger partial charge in [-0.3, -0.25) is 0 Å². The maximum atomic E-state index is 4.67. The van der Waals surface area contributed by atoms with E-state index in [1.807, 2.05) is 6.20 Å². The average Bonchev–Trinajstić information content (AvgIpc) is 3.25. The molecule has 1 heterocycles. The minimum atomic E-state index is 0. The lowest BCUT2D eigenvalue weighted by atomic mass is 9.96. The second-order valence-corrected chi connectivity index (χ2v) is 8.44. The standard InChI is InChI=1S/C18H23BrN4S.HI/c1-3-20-17(22-11-16-21-10-13(2)24-16)23-12-18(7-8-18)14-5-4-6-15(19)9-14;/h4-6,9-10H,3,7-8,11-12H2,1-2H3,(H2,20,22,23);1H. The van der Waals surface area contributed by atoms with Crippen molar-refractivity contribution in [2.45, 2.75) is 38.6 Å². The molecule has 7 heteroatoms. The van der Waals surface area contributed by atoms with Gasteiger partial charge in [0.25, 0.3) is 0 Å². The van der Waals surface area contributed by atoms with Crippen LogP contribution in [0.5, 0.6) is 0 Å². The van der Waals surface area contributed by atoms with Crippen molar-refractivity contribution < 1.29 is 0 Å². The van der Waals surface area contributed by atoms with E-state index in [1.165, 1.54) is 23.3 Å². The van der Waals surface area contributed by atoms with E-state index in [0.717, 1.165) is 28.5 Å². The molecule has 1 aliphatic rings. The number of nitrogens with one attached hydrogen (secondary N) is 2. The third kappa shape index (κ3) is 5.65. The monoisotopic (exact) mass is 534 g/mol. The summed E-state index contributed by atoms with van der Waals surface area (Å²) < 4.78 is 1.14. The Morgan fingerprint density at radius 3 is 2.76 bits per heavy atom. The van der Waals surface area contributed by atoms with Crippen LogP contribution >= 0.6 is 51.2 Å². The van der Waals surface area contributed by atoms with Crippen molar-refractivity contribution in [3.63, 3.8) is 0 Å². The predicted molar refractivity (Wildman–Crippen MR) is 120 cm³/mol. The van der Waals surface area contributed by atoms with Crippen molar-refractivity contribution in [1.29, 1.82) is 0 Å². The smallest absolute Gasteiger partial charge is 0.191 e. The highest BCUT2D eigenvalue weighted by Gasteiger charge is 2.44. The van der Waals surface area contributed by atoms with Crippen LogP contribution in [0.4, 0.5) is 0 Å². The van der Waals surface area contributed by atoms with Gasteiger partial charge in [0, 0.05) is 34.1 Å². The molecule has 1 aromatic heterocycles. The zero-order chi connectivity index (χ0) is 17.0. The summed E-state index contributed by atoms with van der Waals surface area (Å²) in [6, 6.07) is 8.65. The first-order valence-corrected chi connectivity index (χ1v) is 9.92. The first-order valence-electron chi connectivity index (χ1n) is 8.31. The molecule has 136 valence electrons. The van der Waals surface area contributed by atoms with Gasteiger partial charge in [-0.1, -0.05) is 28.1 Å². The first-order chi connectivity index (χ1) is 11.6. The van der Waals surface area contributed by atoms with Crippen LogP contribution in [0.3, 0.4) is 0 Å². The summed E-state index contributed by atoms with van der Waals surface area (Å²) in [5, 5.41) is 7.90. The van der Waals surface area contributed by atoms with Crippen LogP contribution in [0, 0.1) is 6.92 Å². The Bertz CT molecular complexity index is 727. The Morgan fingerprint density at radius 1 is 1.36 bits per heavy atom. The van der Waals surface area contributed by atoms with Gasteiger partial charge in [-0.15, -0.1) is 35.3 Å². The molecule has 3 rings (SSSR count). The maximum absolute atomic E-state index is 4.67. The number of benzene rings is 1. The number of nitrogens with zero attached hydrogens (tertiary/aromatic N) is 2. The number of aryl methyl sites for hydroxylation is 1. The van der Waals surface area contributed by atoms with Crippen molar-refractivity contribution in [3.8, 4) is 0 Å². The molecule has 1 aliphatic carbocycles. The molecular formula is C18H24BrIN4S. The minimum absolute atomic E-state index is 0. The predicted octanol–water partition coefficient (Wildman–Crippen LogP) is 4.62. The molecule has 0 amide bonds. The quantitative estimate of drug-likeness (QED) is 0.323. The lowest BCUT2D eigenvalue weighted by molar-refractivity contribution is 0.645. The molecule has 25 heavy (non-hydrogen) atoms. The molecule has 1 fully saturated rings. The summed E-state index contributed by atoms with van der Waals surface area (Å²) in [5.74, 6) is 0.867. The van der Waals surface area contributed by atoms with Gasteiger partial charge in [0.1, 0.15) is 5.01 Å². The van der Waals surface area contributed by atoms with E-state index in [9.17, 15) is 0 Å². The molecule has 2 N–H and O–H groups in total. The van der Waals surface area contributed by atoms with Crippen LogP contribution in [0.1, 0.15) is 35.2 Å². The summed E-state index contributed by atoms with van der Waals surface area (Å²) in [7, 11) is 0. The van der Waals surface area contributed by atoms with E-state index in [-0.39, 0.29) is 29.4 Å². The maximum Gasteiger partial charge on any atom is 0.191 e. The summed E-state index contributed by atoms with van der Waals surface area (Å²) >= 11 is 5.28. The molecule has 0 unspecified atom stereocenters. The zero-order valence-corrected chi connectivity index (χ0v) is 19.2. The largest absolute Gasteiger partial charge is 0.357 e. The van der Waals surface area contributed by atoms with Crippen LogP contribution in [-0.4, -0.2) is 24.0 Å². The van der Waals surface area contributed by atoms with Gasteiger partial charge >= 0.3 is 0 Å². The van der Waals surface area contributed by atoms with E-state index < -0.39 is 0 Å². The second-order valence-electron chi connectivity index (χ2n) is 6.20. The number of hydrogen-bond donors (Lipinski definition) is 2. The van der Waals surface area contributed by atoms with E-state index >= 15 is 0 Å². The van der Waals surface area contributed by atoms with Crippen molar-refractivity contribution >= 4 is 57.2 Å². The highest BCUT2D eigenvalue weighted by atomic mass is 127. The Morgan fingerprint density at radius 2 is 2.16 bits per heavy atom. The molecule has 4 nitrogen and oxygen atoms in total. The molecule has 0 aliphatic heterocycles. The number of halogens is 2. The molecule has 0 saturated heterocycles. The minimum Gasteiger partial charge on any atom is -0.357 e. The molecule has 0 spiro atoms. The number of aromatic nitrogens is 1. The second kappa shape index (κ2) is 9.32. The number of rotatable bonds is 6. The highest BCUT2D eigenvalue weighted by molar-refractivity contribution is 14.0. The van der Waals surface area contributed by atoms with E-state index in [4.69, 9.17) is 0 Å². The number of hydrogen-bond acceptors (Lipinski definition) is 3. The summed E-state index contributed by atoms with van der Waals surface area (Å²) in [5.41, 5.74) is 1.65. The van der Waals surface area contributed by atoms with Gasteiger partial charge in [0.2, 0.25) is 0 Å². The molecule has 0 bridgehead atoms. The fourth-order valence-electron chi connectivity index (χ4n) is 2.75. The Hall–Kier alpha value is -0.670. The molecule has 2 aromatic rings. The fourth-order valence-corrected chi connectivity index (χ4v) is 3.86. The Balaban J connectivity index is 0.00000225. The number of aliphatic imine (C=N–C) groups is 1. The summed E-state index contributed by atoms with van der Waals surface area (Å²) in [6.07, 6.45) is 4.35. The summed E-state index contributed by atoms with van der Waals surface area (Å²) in [4.78, 5) is 10.3. The Labute approximate surface area is 179 Å². The van der Waals surface area contributed by atoms with Crippen LogP contribution in [0.2, 0.25) is 0 Å².